The van der Waals surface area contributed by atoms with Gasteiger partial charge < -0.3 is 29.3 Å². The summed E-state index contributed by atoms with van der Waals surface area (Å²) in [4.78, 5) is 0. The van der Waals surface area contributed by atoms with Gasteiger partial charge in [0.15, 0.2) is 0 Å². The molecule has 0 bridgehead atoms. The Balaban J connectivity index is 0.000000956. The first-order valence-electron chi connectivity index (χ1n) is 24.8. The molecule has 0 saturated carbocycles. The third kappa shape index (κ3) is 23.4. The van der Waals surface area contributed by atoms with Crippen LogP contribution in [0, 0.1) is 0 Å². The van der Waals surface area contributed by atoms with Crippen LogP contribution in [0.3, 0.4) is 0 Å². The number of quaternary nitrogens is 1. The van der Waals surface area contributed by atoms with E-state index < -0.39 is 7.26 Å². The zero-order chi connectivity index (χ0) is 44.6. The molecule has 0 heterocycles. The van der Waals surface area contributed by atoms with Crippen LogP contribution in [0.1, 0.15) is 149 Å². The van der Waals surface area contributed by atoms with Crippen molar-refractivity contribution >= 4 is 44.8 Å². The SMILES string of the molecule is CCCCC(=CC(P)CCCC)CCCC.CCCC[N+](CCCC)(CCCC)Cc1ccccc1.Cl.[Cl-].[Cl-].c1ccc(C[P+](c2ccccc2)(c2ccccc2)c2ccccc2)cc1. The second-order valence-corrected chi connectivity index (χ2v) is 21.9. The van der Waals surface area contributed by atoms with Gasteiger partial charge in [0.25, 0.3) is 0 Å². The molecule has 5 rings (SSSR count). The fraction of sp³-hybridized carbons (Fsp3) is 0.458. The summed E-state index contributed by atoms with van der Waals surface area (Å²) in [5, 5.41) is 4.30. The first-order valence-corrected chi connectivity index (χ1v) is 27.5. The molecule has 1 nitrogen and oxygen atoms in total. The van der Waals surface area contributed by atoms with E-state index in [-0.39, 0.29) is 37.2 Å². The molecular weight excluding hydrogens is 891 g/mol. The Labute approximate surface area is 421 Å². The molecule has 0 amide bonds. The zero-order valence-corrected chi connectivity index (χ0v) is 45.7. The lowest BCUT2D eigenvalue weighted by atomic mass is 10.0. The van der Waals surface area contributed by atoms with Crippen LogP contribution in [0.5, 0.6) is 0 Å². The second kappa shape index (κ2) is 38.5. The fourth-order valence-electron chi connectivity index (χ4n) is 8.57. The van der Waals surface area contributed by atoms with Gasteiger partial charge in [-0.25, -0.2) is 0 Å². The maximum absolute atomic E-state index is 3.01. The van der Waals surface area contributed by atoms with E-state index in [4.69, 9.17) is 0 Å². The summed E-state index contributed by atoms with van der Waals surface area (Å²) in [5.74, 6) is 0. The van der Waals surface area contributed by atoms with Gasteiger partial charge in [0.2, 0.25) is 0 Å². The van der Waals surface area contributed by atoms with E-state index in [0.29, 0.717) is 5.66 Å². The summed E-state index contributed by atoms with van der Waals surface area (Å²) in [6, 6.07) is 55.1. The predicted molar refractivity (Wildman–Crippen MR) is 292 cm³/mol. The first-order chi connectivity index (χ1) is 30.4. The van der Waals surface area contributed by atoms with Gasteiger partial charge in [-0.1, -0.05) is 213 Å². The summed E-state index contributed by atoms with van der Waals surface area (Å²) in [5.41, 5.74) is 5.32. The lowest BCUT2D eigenvalue weighted by Crippen LogP contribution is -3.00. The number of allylic oxidation sites excluding steroid dienone is 2. The van der Waals surface area contributed by atoms with Crippen LogP contribution in [-0.4, -0.2) is 29.8 Å². The van der Waals surface area contributed by atoms with Gasteiger partial charge in [-0.2, -0.15) is 0 Å². The van der Waals surface area contributed by atoms with Crippen molar-refractivity contribution in [3.63, 3.8) is 0 Å². The Morgan fingerprint density at radius 3 is 1.12 bits per heavy atom. The molecule has 0 aliphatic heterocycles. The molecule has 0 spiro atoms. The molecule has 0 radical (unpaired) electrons. The summed E-state index contributed by atoms with van der Waals surface area (Å²) >= 11 is 0. The Hall–Kier alpha value is -2.47. The van der Waals surface area contributed by atoms with Crippen molar-refractivity contribution in [1.29, 1.82) is 0 Å². The predicted octanol–water partition coefficient (Wildman–Crippen LogP) is 10.7. The molecule has 6 heteroatoms. The lowest BCUT2D eigenvalue weighted by Gasteiger charge is -2.39. The normalized spacial score (nSPS) is 11.2. The van der Waals surface area contributed by atoms with Crippen molar-refractivity contribution in [3.05, 3.63) is 174 Å². The van der Waals surface area contributed by atoms with Crippen molar-refractivity contribution in [2.45, 2.75) is 156 Å². The van der Waals surface area contributed by atoms with Crippen LogP contribution < -0.4 is 40.7 Å². The molecule has 5 aromatic carbocycles. The highest BCUT2D eigenvalue weighted by Gasteiger charge is 2.45. The molecule has 0 aliphatic rings. The minimum absolute atomic E-state index is 0. The van der Waals surface area contributed by atoms with Gasteiger partial charge in [-0.3, -0.25) is 0 Å². The Morgan fingerprint density at radius 1 is 0.462 bits per heavy atom. The molecule has 0 aliphatic carbocycles. The van der Waals surface area contributed by atoms with Crippen molar-refractivity contribution < 1.29 is 29.3 Å². The zero-order valence-electron chi connectivity index (χ0n) is 41.4. The van der Waals surface area contributed by atoms with Crippen molar-refractivity contribution in [2.75, 3.05) is 19.6 Å². The number of hydrogen-bond acceptors (Lipinski definition) is 0. The first kappa shape index (κ1) is 62.5. The largest absolute Gasteiger partial charge is 1.00 e. The van der Waals surface area contributed by atoms with E-state index in [1.807, 2.05) is 0 Å². The van der Waals surface area contributed by atoms with Crippen LogP contribution in [-0.2, 0) is 12.7 Å². The monoisotopic (exact) mass is 978 g/mol. The summed E-state index contributed by atoms with van der Waals surface area (Å²) in [6.07, 6.45) is 23.6. The minimum atomic E-state index is -1.78. The number of benzene rings is 5. The topological polar surface area (TPSA) is 0 Å². The van der Waals surface area contributed by atoms with Crippen LogP contribution in [0.2, 0.25) is 0 Å². The number of unbranched alkanes of at least 4 members (excludes halogenated alkanes) is 6. The van der Waals surface area contributed by atoms with Crippen molar-refractivity contribution in [1.82, 2.24) is 0 Å². The molecule has 2 unspecified atom stereocenters. The van der Waals surface area contributed by atoms with Crippen molar-refractivity contribution in [3.8, 4) is 0 Å². The quantitative estimate of drug-likeness (QED) is 0.0294. The van der Waals surface area contributed by atoms with Crippen molar-refractivity contribution in [2.24, 2.45) is 0 Å². The maximum Gasteiger partial charge on any atom is 0.116 e. The number of halogens is 3. The van der Waals surface area contributed by atoms with Crippen LogP contribution in [0.15, 0.2) is 163 Å². The summed E-state index contributed by atoms with van der Waals surface area (Å²) in [6.45, 7) is 19.1. The van der Waals surface area contributed by atoms with Gasteiger partial charge in [-0.05, 0) is 99.0 Å². The Kier molecular flexibility index (Phi) is 37.0. The summed E-state index contributed by atoms with van der Waals surface area (Å²) < 4.78 is 1.31. The van der Waals surface area contributed by atoms with E-state index in [0.717, 1.165) is 6.16 Å². The van der Waals surface area contributed by atoms with Crippen LogP contribution in [0.4, 0.5) is 0 Å². The van der Waals surface area contributed by atoms with Gasteiger partial charge in [0.1, 0.15) is 29.7 Å². The lowest BCUT2D eigenvalue weighted by molar-refractivity contribution is -0.941. The molecule has 0 N–H and O–H groups in total. The Bertz CT molecular complexity index is 1700. The van der Waals surface area contributed by atoms with Gasteiger partial charge in [-0.15, -0.1) is 21.6 Å². The number of nitrogens with zero attached hydrogens (tertiary/aromatic N) is 1. The fourth-order valence-corrected chi connectivity index (χ4v) is 13.3. The number of hydrogen-bond donors (Lipinski definition) is 0. The van der Waals surface area contributed by atoms with E-state index in [2.05, 4.69) is 209 Å². The third-order valence-corrected chi connectivity index (χ3v) is 17.1. The van der Waals surface area contributed by atoms with Crippen LogP contribution in [0.25, 0.3) is 0 Å². The average molecular weight is 980 g/mol. The molecule has 0 saturated heterocycles. The smallest absolute Gasteiger partial charge is 0.116 e. The highest BCUT2D eigenvalue weighted by molar-refractivity contribution is 7.95. The average Bonchev–Trinajstić information content (AvgIpc) is 3.33. The number of rotatable bonds is 26. The minimum Gasteiger partial charge on any atom is -1.00 e. The molecule has 360 valence electrons. The van der Waals surface area contributed by atoms with Crippen LogP contribution >= 0.6 is 28.9 Å². The highest BCUT2D eigenvalue weighted by Crippen LogP contribution is 2.58. The van der Waals surface area contributed by atoms with Gasteiger partial charge >= 0.3 is 0 Å². The Morgan fingerprint density at radius 2 is 0.785 bits per heavy atom. The molecule has 2 atom stereocenters. The van der Waals surface area contributed by atoms with E-state index >= 15 is 0 Å². The molecule has 0 fully saturated rings. The second-order valence-electron chi connectivity index (χ2n) is 17.5. The van der Waals surface area contributed by atoms with E-state index in [1.165, 1.54) is 154 Å². The third-order valence-electron chi connectivity index (χ3n) is 12.2. The maximum atomic E-state index is 3.01. The summed E-state index contributed by atoms with van der Waals surface area (Å²) in [7, 11) is 1.23. The standard InChI is InChI=1S/C25H22P.C19H34N.C15H31P.3ClH/c1-5-13-22(14-6-1)21-26(23-15-7-2-8-16-23,24-17-9-3-10-18-24)25-19-11-4-12-20-25;1-4-7-15-20(16-8-5-2,17-9-6-3)18-19-13-11-10-12-14-19;1-4-7-10-14(11-8-5-2)13-15(16)12-9-6-3;;;/h1-20H,21H2;10-14H,4-9,15-18H2,1-3H3;13,15H,4-12,16H2,1-3H3;3*1H/q2*+1;;;;/p-2. The van der Waals surface area contributed by atoms with E-state index in [9.17, 15) is 0 Å². The molecule has 5 aromatic rings. The molecule has 65 heavy (non-hydrogen) atoms. The molecule has 0 aromatic heterocycles. The highest BCUT2D eigenvalue weighted by atomic mass is 35.5. The van der Waals surface area contributed by atoms with Gasteiger partial charge in [0, 0.05) is 5.56 Å². The molecular formula is C59H88Cl3NP2. The van der Waals surface area contributed by atoms with Gasteiger partial charge in [0.05, 0.1) is 25.8 Å². The van der Waals surface area contributed by atoms with E-state index in [1.54, 1.807) is 5.57 Å².